The van der Waals surface area contributed by atoms with Crippen molar-refractivity contribution in [3.8, 4) is 0 Å². The topological polar surface area (TPSA) is 159 Å². The van der Waals surface area contributed by atoms with Crippen molar-refractivity contribution in [3.05, 3.63) is 162 Å². The third kappa shape index (κ3) is 7.37. The predicted molar refractivity (Wildman–Crippen MR) is 204 cm³/mol. The molecule has 254 valence electrons. The Kier molecular flexibility index (Phi) is 8.65. The lowest BCUT2D eigenvalue weighted by molar-refractivity contribution is 0.481. The van der Waals surface area contributed by atoms with Crippen LogP contribution in [0.15, 0.2) is 160 Å². The van der Waals surface area contributed by atoms with E-state index in [-0.39, 0.29) is 9.79 Å². The maximum atomic E-state index is 11.6. The zero-order chi connectivity index (χ0) is 35.9. The number of nitrogens with two attached hydrogens (primary N) is 1. The molecule has 7 rings (SSSR count). The molecular weight excluding hydrogens is 683 g/mol. The molecule has 0 spiro atoms. The standard InChI is InChI=1S/C40H31N3O6S2/c1-25-20-30(10-19-39(25)41)40(28-4-11-33(12-5-28)42-35-15-2-26-8-17-37(50(44,45)46)23-31(26)21-35)29-6-13-34(14-7-29)43-36-16-3-27-9-18-38(51(47,48)49)24-32(27)22-36/h2-24,42H,41H2,1H3,(H,44,45,46)(H,47,48,49). The van der Waals surface area contributed by atoms with Gasteiger partial charge >= 0.3 is 0 Å². The lowest BCUT2D eigenvalue weighted by atomic mass is 9.90. The molecule has 0 saturated carbocycles. The van der Waals surface area contributed by atoms with Crippen molar-refractivity contribution in [2.24, 2.45) is 4.99 Å². The molecule has 9 nitrogen and oxygen atoms in total. The van der Waals surface area contributed by atoms with Crippen LogP contribution in [-0.2, 0) is 20.2 Å². The summed E-state index contributed by atoms with van der Waals surface area (Å²) < 4.78 is 65.5. The Hall–Kier alpha value is -5.85. The summed E-state index contributed by atoms with van der Waals surface area (Å²) in [7, 11) is -8.65. The molecule has 5 N–H and O–H groups in total. The second kappa shape index (κ2) is 13.1. The van der Waals surface area contributed by atoms with Crippen molar-refractivity contribution in [2.45, 2.75) is 16.7 Å². The zero-order valence-corrected chi connectivity index (χ0v) is 28.8. The number of aryl methyl sites for hydroxylation is 1. The van der Waals surface area contributed by atoms with Crippen molar-refractivity contribution in [3.63, 3.8) is 0 Å². The lowest BCUT2D eigenvalue weighted by Gasteiger charge is -2.16. The van der Waals surface area contributed by atoms with Crippen LogP contribution in [-0.4, -0.2) is 31.7 Å². The molecule has 0 fully saturated rings. The first-order valence-corrected chi connectivity index (χ1v) is 18.6. The molecule has 1 aliphatic carbocycles. The van der Waals surface area contributed by atoms with Gasteiger partial charge in [0.15, 0.2) is 0 Å². The molecule has 0 heterocycles. The highest BCUT2D eigenvalue weighted by molar-refractivity contribution is 7.86. The number of aliphatic imine (C=N–C) groups is 1. The van der Waals surface area contributed by atoms with Gasteiger partial charge in [0, 0.05) is 17.1 Å². The molecule has 0 atom stereocenters. The highest BCUT2D eigenvalue weighted by atomic mass is 32.2. The summed E-state index contributed by atoms with van der Waals surface area (Å²) >= 11 is 0. The summed E-state index contributed by atoms with van der Waals surface area (Å²) in [5.41, 5.74) is 14.6. The quantitative estimate of drug-likeness (QED) is 0.0944. The summed E-state index contributed by atoms with van der Waals surface area (Å²) in [4.78, 5) is 4.42. The molecular formula is C40H31N3O6S2. The van der Waals surface area contributed by atoms with E-state index < -0.39 is 20.2 Å². The van der Waals surface area contributed by atoms with Crippen molar-refractivity contribution < 1.29 is 25.9 Å². The van der Waals surface area contributed by atoms with Crippen molar-refractivity contribution in [1.29, 1.82) is 0 Å². The van der Waals surface area contributed by atoms with Gasteiger partial charge in [-0.05, 0) is 141 Å². The number of nitrogens with one attached hydrogen (secondary N) is 1. The molecule has 0 unspecified atom stereocenters. The molecule has 11 heteroatoms. The molecule has 51 heavy (non-hydrogen) atoms. The van der Waals surface area contributed by atoms with Gasteiger partial charge < -0.3 is 11.1 Å². The van der Waals surface area contributed by atoms with E-state index >= 15 is 0 Å². The molecule has 0 saturated heterocycles. The fourth-order valence-corrected chi connectivity index (χ4v) is 7.01. The van der Waals surface area contributed by atoms with Crippen LogP contribution >= 0.6 is 0 Å². The van der Waals surface area contributed by atoms with Gasteiger partial charge in [0.25, 0.3) is 20.2 Å². The molecule has 1 aliphatic rings. The fraction of sp³-hybridized carbons (Fsp3) is 0.0250. The largest absolute Gasteiger partial charge is 0.399 e. The van der Waals surface area contributed by atoms with Gasteiger partial charge in [-0.2, -0.15) is 16.8 Å². The first-order chi connectivity index (χ1) is 24.3. The average molecular weight is 714 g/mol. The third-order valence-electron chi connectivity index (χ3n) is 8.64. The van der Waals surface area contributed by atoms with E-state index in [9.17, 15) is 25.9 Å². The second-order valence-corrected chi connectivity index (χ2v) is 15.0. The monoisotopic (exact) mass is 713 g/mol. The number of hydrogen-bond donors (Lipinski definition) is 4. The van der Waals surface area contributed by atoms with Crippen molar-refractivity contribution in [2.75, 3.05) is 11.1 Å². The molecule has 6 aromatic rings. The van der Waals surface area contributed by atoms with Gasteiger partial charge in [-0.25, -0.2) is 4.99 Å². The normalized spacial score (nSPS) is 13.2. The molecule has 0 aliphatic heterocycles. The van der Waals surface area contributed by atoms with Crippen LogP contribution < -0.4 is 11.1 Å². The van der Waals surface area contributed by atoms with Crippen molar-refractivity contribution >= 4 is 75.8 Å². The molecule has 0 bridgehead atoms. The number of nitrogen functional groups attached to an aromatic ring is 1. The number of hydrogen-bond acceptors (Lipinski definition) is 7. The summed E-state index contributed by atoms with van der Waals surface area (Å²) in [5, 5.41) is 6.35. The van der Waals surface area contributed by atoms with E-state index in [1.165, 1.54) is 24.3 Å². The minimum Gasteiger partial charge on any atom is -0.399 e. The van der Waals surface area contributed by atoms with Gasteiger partial charge in [0.1, 0.15) is 0 Å². The van der Waals surface area contributed by atoms with Crippen LogP contribution in [0.5, 0.6) is 0 Å². The average Bonchev–Trinajstić information content (AvgIpc) is 3.10. The van der Waals surface area contributed by atoms with Gasteiger partial charge in [-0.1, -0.05) is 54.6 Å². The number of allylic oxidation sites excluding steroid dienone is 5. The predicted octanol–water partition coefficient (Wildman–Crippen LogP) is 8.82. The van der Waals surface area contributed by atoms with Gasteiger partial charge in [-0.3, -0.25) is 9.11 Å². The maximum Gasteiger partial charge on any atom is 0.294 e. The zero-order valence-electron chi connectivity index (χ0n) is 27.1. The van der Waals surface area contributed by atoms with Crippen LogP contribution in [0, 0.1) is 6.92 Å². The van der Waals surface area contributed by atoms with E-state index in [2.05, 4.69) is 11.4 Å². The molecule has 0 radical (unpaired) electrons. The lowest BCUT2D eigenvalue weighted by Crippen LogP contribution is -2.00. The van der Waals surface area contributed by atoms with E-state index in [0.29, 0.717) is 27.9 Å². The Balaban J connectivity index is 1.19. The van der Waals surface area contributed by atoms with Gasteiger partial charge in [-0.15, -0.1) is 0 Å². The Morgan fingerprint density at radius 2 is 1.14 bits per heavy atom. The number of rotatable bonds is 7. The van der Waals surface area contributed by atoms with Crippen LogP contribution in [0.4, 0.5) is 22.7 Å². The maximum absolute atomic E-state index is 11.6. The van der Waals surface area contributed by atoms with E-state index in [4.69, 9.17) is 10.7 Å². The first-order valence-electron chi connectivity index (χ1n) is 15.8. The summed E-state index contributed by atoms with van der Waals surface area (Å²) in [6.07, 6.45) is 7.83. The van der Waals surface area contributed by atoms with E-state index in [1.54, 1.807) is 18.2 Å². The van der Waals surface area contributed by atoms with Crippen LogP contribution in [0.25, 0.3) is 27.1 Å². The second-order valence-electron chi connectivity index (χ2n) is 12.2. The Labute approximate surface area is 295 Å². The summed E-state index contributed by atoms with van der Waals surface area (Å²) in [6.45, 7) is 1.97. The Morgan fingerprint density at radius 3 is 1.75 bits per heavy atom. The molecule has 6 aromatic carbocycles. The first kappa shape index (κ1) is 33.6. The SMILES string of the molecule is Cc1cc(C(=C2C=CC(=Nc3ccc4ccc(S(=O)(=O)O)cc4c3)C=C2)c2ccc(Nc3ccc4ccc(S(=O)(=O)O)cc4c3)cc2)ccc1N. The van der Waals surface area contributed by atoms with Gasteiger partial charge in [0.2, 0.25) is 0 Å². The van der Waals surface area contributed by atoms with Crippen LogP contribution in [0.2, 0.25) is 0 Å². The minimum absolute atomic E-state index is 0.162. The van der Waals surface area contributed by atoms with Gasteiger partial charge in [0.05, 0.1) is 21.2 Å². The smallest absolute Gasteiger partial charge is 0.294 e. The Bertz CT molecular complexity index is 2710. The van der Waals surface area contributed by atoms with Crippen LogP contribution in [0.1, 0.15) is 16.7 Å². The molecule has 0 amide bonds. The fourth-order valence-electron chi connectivity index (χ4n) is 5.98. The number of benzene rings is 6. The number of nitrogens with zero attached hydrogens (tertiary/aromatic N) is 1. The Morgan fingerprint density at radius 1 is 0.588 bits per heavy atom. The van der Waals surface area contributed by atoms with Crippen LogP contribution in [0.3, 0.4) is 0 Å². The highest BCUT2D eigenvalue weighted by Crippen LogP contribution is 2.33. The van der Waals surface area contributed by atoms with Crippen molar-refractivity contribution in [1.82, 2.24) is 0 Å². The van der Waals surface area contributed by atoms with E-state index in [1.807, 2.05) is 98.0 Å². The molecule has 0 aromatic heterocycles. The third-order valence-corrected chi connectivity index (χ3v) is 10.3. The summed E-state index contributed by atoms with van der Waals surface area (Å²) in [6, 6.07) is 33.9. The summed E-state index contributed by atoms with van der Waals surface area (Å²) in [5.74, 6) is 0. The number of anilines is 3. The number of fused-ring (bicyclic) bond motifs is 2. The highest BCUT2D eigenvalue weighted by Gasteiger charge is 2.14. The van der Waals surface area contributed by atoms with E-state index in [0.717, 1.165) is 50.0 Å². The minimum atomic E-state index is -4.33.